The lowest BCUT2D eigenvalue weighted by molar-refractivity contribution is -0.0131. The summed E-state index contributed by atoms with van der Waals surface area (Å²) in [5.74, 6) is 0.867. The van der Waals surface area contributed by atoms with E-state index in [2.05, 4.69) is 23.5 Å². The molecule has 140 valence electrons. The fourth-order valence-electron chi connectivity index (χ4n) is 4.02. The van der Waals surface area contributed by atoms with Gasteiger partial charge in [0, 0.05) is 30.1 Å². The molecule has 1 aromatic carbocycles. The van der Waals surface area contributed by atoms with Crippen LogP contribution in [0, 0.1) is 0 Å². The van der Waals surface area contributed by atoms with Gasteiger partial charge in [0.05, 0.1) is 0 Å². The minimum Gasteiger partial charge on any atom is -0.474 e. The first-order valence-corrected chi connectivity index (χ1v) is 10.5. The van der Waals surface area contributed by atoms with Crippen LogP contribution in [0.5, 0.6) is 5.75 Å². The maximum Gasteiger partial charge on any atom is 0.333 e. The monoisotopic (exact) mass is 368 g/mol. The largest absolute Gasteiger partial charge is 0.474 e. The van der Waals surface area contributed by atoms with Crippen LogP contribution in [0.4, 0.5) is 0 Å². The van der Waals surface area contributed by atoms with Crippen LogP contribution >= 0.6 is 0 Å². The van der Waals surface area contributed by atoms with E-state index in [0.717, 1.165) is 30.0 Å². The van der Waals surface area contributed by atoms with Crippen molar-refractivity contribution in [2.45, 2.75) is 64.1 Å². The maximum atomic E-state index is 11.2. The van der Waals surface area contributed by atoms with Gasteiger partial charge >= 0.3 is 10.3 Å². The zero-order valence-corrected chi connectivity index (χ0v) is 16.0. The summed E-state index contributed by atoms with van der Waals surface area (Å²) < 4.78 is 40.1. The van der Waals surface area contributed by atoms with Crippen molar-refractivity contribution in [3.05, 3.63) is 29.3 Å². The highest BCUT2D eigenvalue weighted by Crippen LogP contribution is 2.45. The average Bonchev–Trinajstić information content (AvgIpc) is 2.83. The molecule has 2 heterocycles. The maximum absolute atomic E-state index is 11.2. The van der Waals surface area contributed by atoms with Gasteiger partial charge in [-0.2, -0.15) is 13.1 Å². The molecule has 0 aliphatic carbocycles. The van der Waals surface area contributed by atoms with Gasteiger partial charge in [0.25, 0.3) is 0 Å². The molecule has 25 heavy (non-hydrogen) atoms. The van der Waals surface area contributed by atoms with Gasteiger partial charge in [-0.15, -0.1) is 0 Å². The van der Waals surface area contributed by atoms with Gasteiger partial charge in [0.1, 0.15) is 5.75 Å². The fraction of sp³-hybridized carbons (Fsp3) is 0.667. The molecule has 2 unspecified atom stereocenters. The molecule has 0 bridgehead atoms. The lowest BCUT2D eigenvalue weighted by atomic mass is 9.82. The molecule has 7 heteroatoms. The Hall–Kier alpha value is -1.15. The number of ether oxygens (including phenoxy) is 1. The van der Waals surface area contributed by atoms with Crippen molar-refractivity contribution < 1.29 is 17.7 Å². The molecule has 2 aliphatic heterocycles. The fourth-order valence-corrected chi connectivity index (χ4v) is 4.68. The predicted molar refractivity (Wildman–Crippen MR) is 97.0 cm³/mol. The summed E-state index contributed by atoms with van der Waals surface area (Å²) >= 11 is 0. The van der Waals surface area contributed by atoms with Gasteiger partial charge in [-0.1, -0.05) is 33.3 Å². The second-order valence-corrected chi connectivity index (χ2v) is 8.78. The van der Waals surface area contributed by atoms with Gasteiger partial charge in [0.2, 0.25) is 0 Å². The second kappa shape index (κ2) is 6.87. The van der Waals surface area contributed by atoms with E-state index in [-0.39, 0.29) is 11.6 Å². The molecule has 0 saturated carbocycles. The summed E-state index contributed by atoms with van der Waals surface area (Å²) in [6.07, 6.45) is 4.24. The zero-order valence-electron chi connectivity index (χ0n) is 15.2. The number of nitrogens with one attached hydrogen (secondary N) is 1. The van der Waals surface area contributed by atoms with Crippen molar-refractivity contribution in [1.29, 1.82) is 0 Å². The van der Waals surface area contributed by atoms with Crippen molar-refractivity contribution in [1.82, 2.24) is 9.62 Å². The highest BCUT2D eigenvalue weighted by atomic mass is 32.2. The Morgan fingerprint density at radius 2 is 2.00 bits per heavy atom. The van der Waals surface area contributed by atoms with E-state index < -0.39 is 16.3 Å². The average molecular weight is 368 g/mol. The number of nitrogens with zero attached hydrogens (tertiary/aromatic N) is 1. The molecule has 3 rings (SSSR count). The number of benzene rings is 1. The van der Waals surface area contributed by atoms with Crippen LogP contribution in [-0.2, 0) is 15.7 Å². The molecule has 1 aromatic rings. The molecule has 0 radical (unpaired) electrons. The van der Waals surface area contributed by atoms with Crippen LogP contribution in [-0.4, -0.2) is 37.2 Å². The lowest BCUT2D eigenvalue weighted by Gasteiger charge is -2.38. The van der Waals surface area contributed by atoms with Crippen LogP contribution in [0.3, 0.4) is 0 Å². The molecule has 1 saturated heterocycles. The van der Waals surface area contributed by atoms with Gasteiger partial charge in [0.15, 0.2) is 6.23 Å². The molecule has 6 nitrogen and oxygen atoms in total. The zero-order chi connectivity index (χ0) is 18.2. The summed E-state index contributed by atoms with van der Waals surface area (Å²) in [6, 6.07) is 5.36. The molecule has 0 spiro atoms. The Balaban J connectivity index is 1.89. The van der Waals surface area contributed by atoms with E-state index >= 15 is 0 Å². The molecule has 0 amide bonds. The SMILES string of the molecule is CCC(NS(=O)(=O)O)c1ccc2c(c1)C(C)(C)C(N1CCCCC1)O2. The predicted octanol–water partition coefficient (Wildman–Crippen LogP) is 3.01. The third-order valence-corrected chi connectivity index (χ3v) is 5.96. The standard InChI is InChI=1S/C18H28N2O4S/c1-4-15(19-25(21,22)23)13-8-9-16-14(12-13)18(2,3)17(24-16)20-10-6-5-7-11-20/h8-9,12,15,17,19H,4-7,10-11H2,1-3H3,(H,21,22,23). The summed E-state index contributed by atoms with van der Waals surface area (Å²) in [6.45, 7) is 8.35. The Kier molecular flexibility index (Phi) is 5.12. The molecule has 1 fully saturated rings. The van der Waals surface area contributed by atoms with Crippen molar-refractivity contribution in [3.63, 3.8) is 0 Å². The highest BCUT2D eigenvalue weighted by Gasteiger charge is 2.45. The van der Waals surface area contributed by atoms with Crippen molar-refractivity contribution in [3.8, 4) is 5.75 Å². The third-order valence-electron chi connectivity index (χ3n) is 5.38. The second-order valence-electron chi connectivity index (χ2n) is 7.60. The molecular weight excluding hydrogens is 340 g/mol. The number of hydrogen-bond donors (Lipinski definition) is 2. The number of rotatable bonds is 5. The number of fused-ring (bicyclic) bond motifs is 1. The van der Waals surface area contributed by atoms with Gasteiger partial charge in [-0.05, 0) is 37.0 Å². The highest BCUT2D eigenvalue weighted by molar-refractivity contribution is 7.83. The van der Waals surface area contributed by atoms with Crippen LogP contribution in [0.25, 0.3) is 0 Å². The Labute approximate surface area is 150 Å². The molecular formula is C18H28N2O4S. The Morgan fingerprint density at radius 3 is 2.60 bits per heavy atom. The Bertz CT molecular complexity index is 727. The number of piperidine rings is 1. The van der Waals surface area contributed by atoms with E-state index in [9.17, 15) is 8.42 Å². The third kappa shape index (κ3) is 3.84. The summed E-state index contributed by atoms with van der Waals surface area (Å²) in [5.41, 5.74) is 1.75. The normalized spacial score (nSPS) is 24.6. The number of hydrogen-bond acceptors (Lipinski definition) is 4. The van der Waals surface area contributed by atoms with Gasteiger partial charge < -0.3 is 4.74 Å². The van der Waals surface area contributed by atoms with E-state index in [1.807, 2.05) is 25.1 Å². The Morgan fingerprint density at radius 1 is 1.32 bits per heavy atom. The summed E-state index contributed by atoms with van der Waals surface area (Å²) in [4.78, 5) is 2.41. The van der Waals surface area contributed by atoms with Crippen molar-refractivity contribution in [2.75, 3.05) is 13.1 Å². The van der Waals surface area contributed by atoms with Crippen LogP contribution < -0.4 is 9.46 Å². The summed E-state index contributed by atoms with van der Waals surface area (Å²) in [7, 11) is -4.24. The molecule has 0 aromatic heterocycles. The molecule has 2 aliphatic rings. The minimum atomic E-state index is -4.24. The molecule has 2 N–H and O–H groups in total. The van der Waals surface area contributed by atoms with E-state index in [1.54, 1.807) is 0 Å². The van der Waals surface area contributed by atoms with Crippen LogP contribution in [0.1, 0.15) is 63.6 Å². The first kappa shape index (κ1) is 18.6. The first-order chi connectivity index (χ1) is 11.7. The smallest absolute Gasteiger partial charge is 0.333 e. The first-order valence-electron chi connectivity index (χ1n) is 9.02. The van der Waals surface area contributed by atoms with Gasteiger partial charge in [-0.25, -0.2) is 0 Å². The van der Waals surface area contributed by atoms with Gasteiger partial charge in [-0.3, -0.25) is 9.45 Å². The quantitative estimate of drug-likeness (QED) is 0.781. The van der Waals surface area contributed by atoms with Crippen LogP contribution in [0.2, 0.25) is 0 Å². The van der Waals surface area contributed by atoms with E-state index in [4.69, 9.17) is 9.29 Å². The topological polar surface area (TPSA) is 78.9 Å². The minimum absolute atomic E-state index is 0.00709. The summed E-state index contributed by atoms with van der Waals surface area (Å²) in [5, 5.41) is 0. The van der Waals surface area contributed by atoms with Crippen molar-refractivity contribution >= 4 is 10.3 Å². The molecule has 2 atom stereocenters. The van der Waals surface area contributed by atoms with Crippen molar-refractivity contribution in [2.24, 2.45) is 0 Å². The number of likely N-dealkylation sites (tertiary alicyclic amines) is 1. The van der Waals surface area contributed by atoms with E-state index in [0.29, 0.717) is 6.42 Å². The van der Waals surface area contributed by atoms with E-state index in [1.165, 1.54) is 19.3 Å². The van der Waals surface area contributed by atoms with Crippen LogP contribution in [0.15, 0.2) is 18.2 Å². The lowest BCUT2D eigenvalue weighted by Crippen LogP contribution is -2.49.